The molecule has 2 heterocycles. The molecule has 0 aliphatic carbocycles. The fraction of sp³-hybridized carbons (Fsp3) is 0.280. The van der Waals surface area contributed by atoms with Crippen LogP contribution in [0.2, 0.25) is 0 Å². The van der Waals surface area contributed by atoms with Crippen LogP contribution in [0.1, 0.15) is 49.6 Å². The van der Waals surface area contributed by atoms with E-state index in [9.17, 15) is 18.8 Å². The number of halogens is 1. The first-order chi connectivity index (χ1) is 16.8. The molecule has 10 heteroatoms. The highest BCUT2D eigenvalue weighted by Crippen LogP contribution is 2.34. The molecule has 0 aliphatic rings. The topological polar surface area (TPSA) is 139 Å². The number of carbonyl (C=O) groups excluding carboxylic acids is 1. The predicted octanol–water partition coefficient (Wildman–Crippen LogP) is 3.27. The van der Waals surface area contributed by atoms with E-state index >= 15 is 0 Å². The molecule has 0 radical (unpaired) electrons. The summed E-state index contributed by atoms with van der Waals surface area (Å²) in [5.41, 5.74) is 7.20. The van der Waals surface area contributed by atoms with Crippen molar-refractivity contribution in [2.45, 2.75) is 45.6 Å². The van der Waals surface area contributed by atoms with Crippen LogP contribution in [-0.2, 0) is 17.8 Å². The Kier molecular flexibility index (Phi) is 6.81. The van der Waals surface area contributed by atoms with E-state index in [0.717, 1.165) is 12.8 Å². The molecule has 1 unspecified atom stereocenters. The summed E-state index contributed by atoms with van der Waals surface area (Å²) in [4.78, 5) is 47.0. The van der Waals surface area contributed by atoms with Crippen molar-refractivity contribution in [1.29, 1.82) is 0 Å². The zero-order valence-corrected chi connectivity index (χ0v) is 19.5. The van der Waals surface area contributed by atoms with Gasteiger partial charge < -0.3 is 16.0 Å². The van der Waals surface area contributed by atoms with Gasteiger partial charge in [-0.15, -0.1) is 0 Å². The average molecular weight is 479 g/mol. The molecule has 2 aromatic heterocycles. The third kappa shape index (κ3) is 5.01. The van der Waals surface area contributed by atoms with E-state index in [1.54, 1.807) is 36.4 Å². The number of benzene rings is 2. The number of nitrogens with two attached hydrogens (primary N) is 1. The zero-order valence-electron chi connectivity index (χ0n) is 19.5. The van der Waals surface area contributed by atoms with E-state index in [4.69, 9.17) is 5.73 Å². The number of rotatable bonds is 8. The maximum atomic E-state index is 14.7. The number of nitrogen functional groups attached to an aromatic ring is 1. The first kappa shape index (κ1) is 23.9. The molecule has 0 aliphatic heterocycles. The van der Waals surface area contributed by atoms with E-state index in [2.05, 4.69) is 20.3 Å². The maximum absolute atomic E-state index is 14.7. The summed E-state index contributed by atoms with van der Waals surface area (Å²) in [6, 6.07) is 11.4. The first-order valence-corrected chi connectivity index (χ1v) is 11.4. The van der Waals surface area contributed by atoms with Gasteiger partial charge in [0.25, 0.3) is 5.56 Å². The van der Waals surface area contributed by atoms with Crippen LogP contribution < -0.4 is 22.3 Å². The number of imidazole rings is 1. The fourth-order valence-electron chi connectivity index (χ4n) is 4.16. The number of fused-ring (bicyclic) bond motifs is 1. The van der Waals surface area contributed by atoms with E-state index in [0.29, 0.717) is 34.9 Å². The molecule has 4 aromatic rings. The van der Waals surface area contributed by atoms with Gasteiger partial charge in [-0.2, -0.15) is 0 Å². The summed E-state index contributed by atoms with van der Waals surface area (Å²) in [5, 5.41) is 2.78. The number of unbranched alkanes of at least 4 members (excludes halogenated alkanes) is 1. The van der Waals surface area contributed by atoms with Crippen LogP contribution in [0.3, 0.4) is 0 Å². The molecule has 1 atom stereocenters. The Labute approximate surface area is 200 Å². The molecular weight excluding hydrogens is 451 g/mol. The second kappa shape index (κ2) is 9.96. The normalized spacial score (nSPS) is 12.1. The van der Waals surface area contributed by atoms with Crippen LogP contribution in [0.4, 0.5) is 15.8 Å². The molecule has 182 valence electrons. The zero-order chi connectivity index (χ0) is 25.1. The summed E-state index contributed by atoms with van der Waals surface area (Å²) in [5.74, 6) is -0.907. The number of H-pyrrole nitrogens is 2. The first-order valence-electron chi connectivity index (χ1n) is 11.4. The van der Waals surface area contributed by atoms with Crippen molar-refractivity contribution in [3.8, 4) is 0 Å². The van der Waals surface area contributed by atoms with Crippen LogP contribution >= 0.6 is 0 Å². The minimum absolute atomic E-state index is 0.158. The van der Waals surface area contributed by atoms with Crippen molar-refractivity contribution in [3.63, 3.8) is 0 Å². The second-order valence-corrected chi connectivity index (χ2v) is 8.46. The van der Waals surface area contributed by atoms with Crippen LogP contribution in [0, 0.1) is 5.82 Å². The molecule has 0 fully saturated rings. The van der Waals surface area contributed by atoms with Crippen molar-refractivity contribution in [2.75, 3.05) is 11.1 Å². The predicted molar refractivity (Wildman–Crippen MR) is 133 cm³/mol. The summed E-state index contributed by atoms with van der Waals surface area (Å²) < 4.78 is 16.1. The number of hydrogen-bond acceptors (Lipinski definition) is 5. The summed E-state index contributed by atoms with van der Waals surface area (Å²) in [7, 11) is 0. The monoisotopic (exact) mass is 478 g/mol. The van der Waals surface area contributed by atoms with Gasteiger partial charge in [0.1, 0.15) is 17.2 Å². The quantitative estimate of drug-likeness (QED) is 0.288. The van der Waals surface area contributed by atoms with Gasteiger partial charge in [-0.3, -0.25) is 19.1 Å². The summed E-state index contributed by atoms with van der Waals surface area (Å²) in [6.45, 7) is 3.77. The lowest BCUT2D eigenvalue weighted by Crippen LogP contribution is -2.30. The minimum atomic E-state index is -0.587. The lowest BCUT2D eigenvalue weighted by molar-refractivity contribution is -0.114. The number of aromatic amines is 2. The van der Waals surface area contributed by atoms with Gasteiger partial charge in [-0.05, 0) is 42.2 Å². The average Bonchev–Trinajstić information content (AvgIpc) is 3.24. The highest BCUT2D eigenvalue weighted by Gasteiger charge is 2.25. The van der Waals surface area contributed by atoms with Gasteiger partial charge in [0.2, 0.25) is 5.91 Å². The Bertz CT molecular complexity index is 1500. The van der Waals surface area contributed by atoms with Crippen molar-refractivity contribution >= 4 is 28.4 Å². The maximum Gasteiger partial charge on any atom is 0.330 e. The number of aromatic nitrogens is 4. The second-order valence-electron chi connectivity index (χ2n) is 8.46. The Hall–Kier alpha value is -4.21. The number of anilines is 2. The van der Waals surface area contributed by atoms with Gasteiger partial charge >= 0.3 is 5.69 Å². The minimum Gasteiger partial charge on any atom is -0.399 e. The number of nitrogens with one attached hydrogen (secondary N) is 3. The van der Waals surface area contributed by atoms with E-state index < -0.39 is 17.2 Å². The Balaban J connectivity index is 1.94. The number of amides is 1. The van der Waals surface area contributed by atoms with Crippen molar-refractivity contribution in [1.82, 2.24) is 19.5 Å². The van der Waals surface area contributed by atoms with Gasteiger partial charge in [0, 0.05) is 30.8 Å². The van der Waals surface area contributed by atoms with Crippen LogP contribution in [0.15, 0.2) is 52.1 Å². The molecule has 0 saturated heterocycles. The van der Waals surface area contributed by atoms with Gasteiger partial charge in [0.05, 0.1) is 0 Å². The van der Waals surface area contributed by atoms with Crippen molar-refractivity contribution < 1.29 is 9.18 Å². The highest BCUT2D eigenvalue weighted by atomic mass is 19.1. The standard InChI is InChI=1S/C25H27FN6O3/c1-3-4-11-32-23-21(24(34)31-25(32)35)29-22(30-23)18(12-15-7-5-6-8-19(15)26)17-10-9-16(27)13-20(17)28-14(2)33/h5-10,13,18H,3-4,11-12,27H2,1-2H3,(H,28,33)(H,29,30)(H,31,34,35). The number of nitrogens with zero attached hydrogens (tertiary/aromatic N) is 2. The third-order valence-corrected chi connectivity index (χ3v) is 5.86. The van der Waals surface area contributed by atoms with Crippen molar-refractivity contribution in [3.05, 3.63) is 86.1 Å². The summed E-state index contributed by atoms with van der Waals surface area (Å²) >= 11 is 0. The highest BCUT2D eigenvalue weighted by molar-refractivity contribution is 5.90. The fourth-order valence-corrected chi connectivity index (χ4v) is 4.16. The van der Waals surface area contributed by atoms with Gasteiger partial charge in [0.15, 0.2) is 5.65 Å². The number of carbonyl (C=O) groups is 1. The number of hydrogen-bond donors (Lipinski definition) is 4. The molecule has 9 nitrogen and oxygen atoms in total. The smallest absolute Gasteiger partial charge is 0.330 e. The van der Waals surface area contributed by atoms with E-state index in [1.807, 2.05) is 6.92 Å². The lowest BCUT2D eigenvalue weighted by atomic mass is 9.89. The van der Waals surface area contributed by atoms with Gasteiger partial charge in [-0.1, -0.05) is 37.6 Å². The molecule has 2 aromatic carbocycles. The van der Waals surface area contributed by atoms with Crippen molar-refractivity contribution in [2.24, 2.45) is 0 Å². The summed E-state index contributed by atoms with van der Waals surface area (Å²) in [6.07, 6.45) is 1.76. The molecule has 35 heavy (non-hydrogen) atoms. The number of aryl methyl sites for hydroxylation is 1. The van der Waals surface area contributed by atoms with Crippen LogP contribution in [0.25, 0.3) is 11.2 Å². The lowest BCUT2D eigenvalue weighted by Gasteiger charge is -2.20. The molecule has 0 spiro atoms. The Morgan fingerprint density at radius 3 is 2.69 bits per heavy atom. The molecular formula is C25H27FN6O3. The largest absolute Gasteiger partial charge is 0.399 e. The van der Waals surface area contributed by atoms with E-state index in [1.165, 1.54) is 17.6 Å². The molecule has 1 amide bonds. The van der Waals surface area contributed by atoms with Crippen LogP contribution in [-0.4, -0.2) is 25.4 Å². The molecule has 0 bridgehead atoms. The van der Waals surface area contributed by atoms with E-state index in [-0.39, 0.29) is 29.3 Å². The Morgan fingerprint density at radius 2 is 1.97 bits per heavy atom. The molecule has 5 N–H and O–H groups in total. The Morgan fingerprint density at radius 1 is 1.20 bits per heavy atom. The molecule has 4 rings (SSSR count). The van der Waals surface area contributed by atoms with Crippen LogP contribution in [0.5, 0.6) is 0 Å². The third-order valence-electron chi connectivity index (χ3n) is 5.86. The van der Waals surface area contributed by atoms with Gasteiger partial charge in [-0.25, -0.2) is 14.2 Å². The SMILES string of the molecule is CCCCn1c(=O)[nH]c(=O)c2[nH]c(C(Cc3ccccc3F)c3ccc(N)cc3NC(C)=O)nc21. The molecule has 0 saturated carbocycles.